The second kappa shape index (κ2) is 9.69. The molecular weight excluding hydrogens is 416 g/mol. The molecule has 0 aromatic heterocycles. The van der Waals surface area contributed by atoms with E-state index in [1.165, 1.54) is 0 Å². The first-order valence-corrected chi connectivity index (χ1v) is 12.7. The Balaban J connectivity index is 2.00. The van der Waals surface area contributed by atoms with E-state index in [0.717, 1.165) is 25.7 Å². The Labute approximate surface area is 190 Å². The zero-order valence-corrected chi connectivity index (χ0v) is 20.2. The van der Waals surface area contributed by atoms with Crippen LogP contribution in [0.1, 0.15) is 66.7 Å². The van der Waals surface area contributed by atoms with E-state index in [4.69, 9.17) is 4.74 Å². The molecule has 0 saturated carbocycles. The topological polar surface area (TPSA) is 95.9 Å². The zero-order chi connectivity index (χ0) is 22.9. The average molecular weight is 455 g/mol. The molecule has 3 aliphatic heterocycles. The van der Waals surface area contributed by atoms with Gasteiger partial charge in [-0.25, -0.2) is 0 Å². The monoisotopic (exact) mass is 454 g/mol. The number of rotatable bonds is 10. The number of nitrogens with zero attached hydrogens (tertiary/aromatic N) is 1. The van der Waals surface area contributed by atoms with E-state index in [9.17, 15) is 19.5 Å². The molecule has 3 unspecified atom stereocenters. The van der Waals surface area contributed by atoms with Crippen LogP contribution in [-0.2, 0) is 19.1 Å². The van der Waals surface area contributed by atoms with Crippen LogP contribution in [0.15, 0.2) is 0 Å². The Morgan fingerprint density at radius 1 is 1.32 bits per heavy atom. The third-order valence-corrected chi connectivity index (χ3v) is 8.95. The van der Waals surface area contributed by atoms with Gasteiger partial charge in [0.1, 0.15) is 6.04 Å². The molecule has 7 atom stereocenters. The largest absolute Gasteiger partial charge is 0.466 e. The summed E-state index contributed by atoms with van der Waals surface area (Å²) in [7, 11) is 0. The summed E-state index contributed by atoms with van der Waals surface area (Å²) in [6.45, 7) is 9.99. The fraction of sp³-hybridized carbons (Fsp3) is 0.870. The maximum atomic E-state index is 13.8. The van der Waals surface area contributed by atoms with Gasteiger partial charge < -0.3 is 20.1 Å². The third kappa shape index (κ3) is 4.22. The highest BCUT2D eigenvalue weighted by Crippen LogP contribution is 2.66. The number of ether oxygens (including phenoxy) is 1. The number of carbonyl (C=O) groups excluding carboxylic acids is 3. The summed E-state index contributed by atoms with van der Waals surface area (Å²) in [6, 6.07) is -1.10. The van der Waals surface area contributed by atoms with Crippen LogP contribution in [0.2, 0.25) is 0 Å². The lowest BCUT2D eigenvalue weighted by Crippen LogP contribution is -2.57. The second-order valence-electron chi connectivity index (χ2n) is 9.72. The number of hydrogen-bond acceptors (Lipinski definition) is 6. The molecule has 3 aliphatic rings. The van der Waals surface area contributed by atoms with Crippen LogP contribution < -0.4 is 5.32 Å². The van der Waals surface area contributed by atoms with E-state index >= 15 is 0 Å². The highest BCUT2D eigenvalue weighted by atomic mass is 32.2. The van der Waals surface area contributed by atoms with Gasteiger partial charge in [0.05, 0.1) is 35.8 Å². The molecular formula is C23H38N2O5S. The van der Waals surface area contributed by atoms with Crippen molar-refractivity contribution in [2.45, 2.75) is 94.8 Å². The van der Waals surface area contributed by atoms with Crippen LogP contribution in [0.25, 0.3) is 0 Å². The van der Waals surface area contributed by atoms with E-state index in [1.807, 2.05) is 20.8 Å². The maximum absolute atomic E-state index is 13.8. The number of esters is 1. The number of thioether (sulfide) groups is 1. The molecule has 7 nitrogen and oxygen atoms in total. The van der Waals surface area contributed by atoms with Gasteiger partial charge in [-0.1, -0.05) is 27.2 Å². The number of likely N-dealkylation sites (tertiary alicyclic amines) is 1. The predicted molar refractivity (Wildman–Crippen MR) is 120 cm³/mol. The molecule has 0 aromatic carbocycles. The molecule has 8 heteroatoms. The van der Waals surface area contributed by atoms with Crippen LogP contribution in [0, 0.1) is 17.8 Å². The highest BCUT2D eigenvalue weighted by Gasteiger charge is 2.74. The van der Waals surface area contributed by atoms with Gasteiger partial charge >= 0.3 is 5.97 Å². The number of fused-ring (bicyclic) bond motifs is 1. The van der Waals surface area contributed by atoms with Crippen molar-refractivity contribution in [3.05, 3.63) is 0 Å². The first-order valence-electron chi connectivity index (χ1n) is 11.8. The SMILES string of the molecule is CCCC(C)NC(=O)C1N([C@@H](CO)CC(C)C)C(=O)[C@@H]2[C@H](C(=O)OCC)[C@@H]3CCC12S3. The summed E-state index contributed by atoms with van der Waals surface area (Å²) in [5.41, 5.74) is 0. The molecule has 0 aliphatic carbocycles. The minimum absolute atomic E-state index is 0.00651. The Morgan fingerprint density at radius 3 is 2.61 bits per heavy atom. The van der Waals surface area contributed by atoms with Crippen LogP contribution in [0.5, 0.6) is 0 Å². The number of amides is 2. The molecule has 31 heavy (non-hydrogen) atoms. The van der Waals surface area contributed by atoms with E-state index in [2.05, 4.69) is 12.2 Å². The Morgan fingerprint density at radius 2 is 2.03 bits per heavy atom. The Bertz CT molecular complexity index is 701. The van der Waals surface area contributed by atoms with Gasteiger partial charge in [-0.05, 0) is 45.4 Å². The summed E-state index contributed by atoms with van der Waals surface area (Å²) in [5.74, 6) is -1.47. The van der Waals surface area contributed by atoms with Crippen molar-refractivity contribution in [1.82, 2.24) is 10.2 Å². The fourth-order valence-corrected chi connectivity index (χ4v) is 8.13. The van der Waals surface area contributed by atoms with Crippen molar-refractivity contribution >= 4 is 29.5 Å². The minimum atomic E-state index is -0.672. The zero-order valence-electron chi connectivity index (χ0n) is 19.4. The van der Waals surface area contributed by atoms with Gasteiger partial charge in [0, 0.05) is 11.3 Å². The van der Waals surface area contributed by atoms with E-state index in [-0.39, 0.29) is 48.2 Å². The summed E-state index contributed by atoms with van der Waals surface area (Å²) in [4.78, 5) is 41.9. The minimum Gasteiger partial charge on any atom is -0.466 e. The number of aliphatic hydroxyl groups excluding tert-OH is 1. The molecule has 3 saturated heterocycles. The first kappa shape index (κ1) is 24.4. The van der Waals surface area contributed by atoms with Crippen molar-refractivity contribution in [2.75, 3.05) is 13.2 Å². The van der Waals surface area contributed by atoms with E-state index < -0.39 is 28.7 Å². The summed E-state index contributed by atoms with van der Waals surface area (Å²) in [6.07, 6.45) is 3.95. The molecule has 0 aromatic rings. The van der Waals surface area contributed by atoms with E-state index in [1.54, 1.807) is 23.6 Å². The fourth-order valence-electron chi connectivity index (χ4n) is 5.94. The molecule has 2 bridgehead atoms. The molecule has 1 spiro atoms. The lowest BCUT2D eigenvalue weighted by atomic mass is 9.71. The summed E-state index contributed by atoms with van der Waals surface area (Å²) >= 11 is 1.64. The first-order chi connectivity index (χ1) is 14.7. The van der Waals surface area contributed by atoms with Gasteiger partial charge in [0.2, 0.25) is 11.8 Å². The summed E-state index contributed by atoms with van der Waals surface area (Å²) < 4.78 is 4.71. The quantitative estimate of drug-likeness (QED) is 0.492. The van der Waals surface area contributed by atoms with Gasteiger partial charge in [0.15, 0.2) is 0 Å². The lowest BCUT2D eigenvalue weighted by molar-refractivity contribution is -0.154. The predicted octanol–water partition coefficient (Wildman–Crippen LogP) is 2.35. The highest BCUT2D eigenvalue weighted by molar-refractivity contribution is 8.02. The average Bonchev–Trinajstić information content (AvgIpc) is 3.33. The van der Waals surface area contributed by atoms with E-state index in [0.29, 0.717) is 6.42 Å². The summed E-state index contributed by atoms with van der Waals surface area (Å²) in [5, 5.41) is 13.3. The normalized spacial score (nSPS) is 33.5. The van der Waals surface area contributed by atoms with Crippen molar-refractivity contribution in [3.63, 3.8) is 0 Å². The maximum Gasteiger partial charge on any atom is 0.310 e. The number of carbonyl (C=O) groups is 3. The molecule has 3 rings (SSSR count). The molecule has 3 heterocycles. The Kier molecular flexibility index (Phi) is 7.62. The molecule has 2 amide bonds. The van der Waals surface area contributed by atoms with Crippen LogP contribution in [0.4, 0.5) is 0 Å². The lowest BCUT2D eigenvalue weighted by Gasteiger charge is -2.38. The van der Waals surface area contributed by atoms with Gasteiger partial charge in [-0.15, -0.1) is 11.8 Å². The van der Waals surface area contributed by atoms with Crippen LogP contribution >= 0.6 is 11.8 Å². The van der Waals surface area contributed by atoms with Crippen LogP contribution in [0.3, 0.4) is 0 Å². The molecule has 0 radical (unpaired) electrons. The number of nitrogens with one attached hydrogen (secondary N) is 1. The molecule has 3 fully saturated rings. The third-order valence-electron chi connectivity index (χ3n) is 7.00. The van der Waals surface area contributed by atoms with Crippen molar-refractivity contribution < 1.29 is 24.2 Å². The second-order valence-corrected chi connectivity index (χ2v) is 11.3. The van der Waals surface area contributed by atoms with Gasteiger partial charge in [0.25, 0.3) is 0 Å². The van der Waals surface area contributed by atoms with Crippen molar-refractivity contribution in [1.29, 1.82) is 0 Å². The molecule has 2 N–H and O–H groups in total. The smallest absolute Gasteiger partial charge is 0.310 e. The van der Waals surface area contributed by atoms with Crippen LogP contribution in [-0.4, -0.2) is 69.1 Å². The van der Waals surface area contributed by atoms with Gasteiger partial charge in [-0.3, -0.25) is 14.4 Å². The molecule has 176 valence electrons. The van der Waals surface area contributed by atoms with Crippen molar-refractivity contribution in [2.24, 2.45) is 17.8 Å². The van der Waals surface area contributed by atoms with Gasteiger partial charge in [-0.2, -0.15) is 0 Å². The standard InChI is InChI=1S/C23H38N2O5S/c1-6-8-14(5)24-20(27)19-23-10-9-16(31-23)17(22(29)30-7-2)18(23)21(28)25(19)15(12-26)11-13(3)4/h13-19,26H,6-12H2,1-5H3,(H,24,27)/t14?,15-,16+,17-,18+,19?,23?/m1/s1. The number of hydrogen-bond donors (Lipinski definition) is 2. The Hall–Kier alpha value is -1.28. The van der Waals surface area contributed by atoms with Crippen molar-refractivity contribution in [3.8, 4) is 0 Å². The number of aliphatic hydroxyl groups is 1.